The molecule has 3 saturated heterocycles. The summed E-state index contributed by atoms with van der Waals surface area (Å²) in [6.07, 6.45) is 1.78. The molecule has 0 aliphatic carbocycles. The summed E-state index contributed by atoms with van der Waals surface area (Å²) in [6.45, 7) is 7.46. The average molecular weight is 344 g/mol. The fraction of sp³-hybridized carbons (Fsp3) is 0.684. The first kappa shape index (κ1) is 16.9. The Balaban J connectivity index is 1.37. The van der Waals surface area contributed by atoms with Gasteiger partial charge in [0, 0.05) is 57.4 Å². The molecule has 6 nitrogen and oxygen atoms in total. The van der Waals surface area contributed by atoms with Gasteiger partial charge >= 0.3 is 0 Å². The topological polar surface area (TPSA) is 48.9 Å². The lowest BCUT2D eigenvalue weighted by Gasteiger charge is -2.34. The number of nitrogens with zero attached hydrogens (tertiary/aromatic N) is 4. The van der Waals surface area contributed by atoms with E-state index in [-0.39, 0.29) is 18.1 Å². The molecule has 0 saturated carbocycles. The lowest BCUT2D eigenvalue weighted by molar-refractivity contribution is -0.144. The Kier molecular flexibility index (Phi) is 4.75. The number of hydrogen-bond donors (Lipinski definition) is 0. The van der Waals surface area contributed by atoms with Crippen molar-refractivity contribution in [1.82, 2.24) is 19.7 Å². The minimum atomic E-state index is -0.258. The molecule has 3 fully saturated rings. The molecule has 3 atom stereocenters. The Hall–Kier alpha value is -1.50. The largest absolute Gasteiger partial charge is 0.363 e. The molecule has 0 unspecified atom stereocenters. The van der Waals surface area contributed by atoms with E-state index in [1.807, 2.05) is 17.9 Å². The summed E-state index contributed by atoms with van der Waals surface area (Å²) < 4.78 is 6.15. The van der Waals surface area contributed by atoms with Crippen LogP contribution in [0.25, 0.3) is 0 Å². The standard InChI is InChI=1S/C19H28N4O2/c1-14-4-3-5-15(20-14)13-23-7-6-17-16(23)12-18(25-17)19(24)22-10-8-21(2)9-11-22/h3-5,16-18H,6-13H2,1-2H3/t16-,17-,18+/m1/s1. The van der Waals surface area contributed by atoms with Gasteiger partial charge in [-0.1, -0.05) is 6.07 Å². The van der Waals surface area contributed by atoms with Crippen molar-refractivity contribution >= 4 is 5.91 Å². The van der Waals surface area contributed by atoms with E-state index in [2.05, 4.69) is 34.0 Å². The second-order valence-corrected chi connectivity index (χ2v) is 7.62. The summed E-state index contributed by atoms with van der Waals surface area (Å²) in [6, 6.07) is 6.53. The maximum Gasteiger partial charge on any atom is 0.251 e. The third kappa shape index (κ3) is 3.57. The Morgan fingerprint density at radius 1 is 1.24 bits per heavy atom. The number of carbonyl (C=O) groups excluding carboxylic acids is 1. The molecule has 4 heterocycles. The number of aromatic nitrogens is 1. The van der Waals surface area contributed by atoms with E-state index < -0.39 is 0 Å². The third-order valence-corrected chi connectivity index (χ3v) is 5.80. The number of pyridine rings is 1. The molecular weight excluding hydrogens is 316 g/mol. The summed E-state index contributed by atoms with van der Waals surface area (Å²) in [5.41, 5.74) is 2.16. The van der Waals surface area contributed by atoms with E-state index in [0.717, 1.165) is 63.5 Å². The zero-order chi connectivity index (χ0) is 17.4. The van der Waals surface area contributed by atoms with Gasteiger partial charge in [-0.05, 0) is 32.5 Å². The van der Waals surface area contributed by atoms with Gasteiger partial charge in [-0.15, -0.1) is 0 Å². The summed E-state index contributed by atoms with van der Waals surface area (Å²) in [7, 11) is 2.11. The number of hydrogen-bond acceptors (Lipinski definition) is 5. The van der Waals surface area contributed by atoms with Crippen molar-refractivity contribution < 1.29 is 9.53 Å². The number of rotatable bonds is 3. The summed E-state index contributed by atoms with van der Waals surface area (Å²) in [5.74, 6) is 0.191. The van der Waals surface area contributed by atoms with Crippen LogP contribution in [0.1, 0.15) is 24.2 Å². The summed E-state index contributed by atoms with van der Waals surface area (Å²) in [5, 5.41) is 0. The van der Waals surface area contributed by atoms with Gasteiger partial charge in [-0.3, -0.25) is 14.7 Å². The molecule has 4 rings (SSSR count). The first-order valence-corrected chi connectivity index (χ1v) is 9.39. The van der Waals surface area contributed by atoms with Gasteiger partial charge in [0.1, 0.15) is 6.10 Å². The van der Waals surface area contributed by atoms with E-state index in [1.165, 1.54) is 0 Å². The summed E-state index contributed by atoms with van der Waals surface area (Å²) in [4.78, 5) is 24.1. The zero-order valence-electron chi connectivity index (χ0n) is 15.2. The maximum absolute atomic E-state index is 12.8. The van der Waals surface area contributed by atoms with Crippen molar-refractivity contribution in [3.8, 4) is 0 Å². The van der Waals surface area contributed by atoms with E-state index in [0.29, 0.717) is 6.04 Å². The number of carbonyl (C=O) groups is 1. The Morgan fingerprint density at radius 2 is 2.04 bits per heavy atom. The minimum Gasteiger partial charge on any atom is -0.363 e. The van der Waals surface area contributed by atoms with Gasteiger partial charge in [0.2, 0.25) is 0 Å². The molecule has 0 bridgehead atoms. The van der Waals surface area contributed by atoms with Crippen molar-refractivity contribution in [2.24, 2.45) is 0 Å². The predicted molar refractivity (Wildman–Crippen MR) is 95.1 cm³/mol. The van der Waals surface area contributed by atoms with Crippen LogP contribution in [0.4, 0.5) is 0 Å². The van der Waals surface area contributed by atoms with Crippen LogP contribution < -0.4 is 0 Å². The monoisotopic (exact) mass is 344 g/mol. The number of fused-ring (bicyclic) bond motifs is 1. The first-order chi connectivity index (χ1) is 12.1. The molecule has 25 heavy (non-hydrogen) atoms. The lowest BCUT2D eigenvalue weighted by Crippen LogP contribution is -2.50. The zero-order valence-corrected chi connectivity index (χ0v) is 15.2. The van der Waals surface area contributed by atoms with Crippen molar-refractivity contribution in [3.63, 3.8) is 0 Å². The molecule has 0 spiro atoms. The van der Waals surface area contributed by atoms with E-state index in [9.17, 15) is 4.79 Å². The Morgan fingerprint density at radius 3 is 2.80 bits per heavy atom. The normalized spacial score (nSPS) is 30.6. The smallest absolute Gasteiger partial charge is 0.251 e. The van der Waals surface area contributed by atoms with Gasteiger partial charge < -0.3 is 14.5 Å². The molecule has 3 aliphatic heterocycles. The van der Waals surface area contributed by atoms with Gasteiger partial charge in [-0.25, -0.2) is 0 Å². The number of amides is 1. The van der Waals surface area contributed by atoms with Crippen LogP contribution in [-0.4, -0.2) is 83.6 Å². The van der Waals surface area contributed by atoms with Gasteiger partial charge in [0.15, 0.2) is 0 Å². The second kappa shape index (κ2) is 7.02. The highest BCUT2D eigenvalue weighted by Gasteiger charge is 2.46. The van der Waals surface area contributed by atoms with Crippen LogP contribution in [0.15, 0.2) is 18.2 Å². The number of ether oxygens (including phenoxy) is 1. The third-order valence-electron chi connectivity index (χ3n) is 5.80. The average Bonchev–Trinajstić information content (AvgIpc) is 3.17. The van der Waals surface area contributed by atoms with Crippen molar-refractivity contribution in [1.29, 1.82) is 0 Å². The van der Waals surface area contributed by atoms with Gasteiger partial charge in [0.25, 0.3) is 5.91 Å². The number of likely N-dealkylation sites (tertiary alicyclic amines) is 1. The molecular formula is C19H28N4O2. The van der Waals surface area contributed by atoms with Crippen molar-refractivity contribution in [2.75, 3.05) is 39.8 Å². The Labute approximate surface area is 149 Å². The fourth-order valence-corrected chi connectivity index (χ4v) is 4.31. The minimum absolute atomic E-state index is 0.191. The van der Waals surface area contributed by atoms with E-state index in [4.69, 9.17) is 4.74 Å². The second-order valence-electron chi connectivity index (χ2n) is 7.62. The number of likely N-dealkylation sites (N-methyl/N-ethyl adjacent to an activating group) is 1. The van der Waals surface area contributed by atoms with Crippen LogP contribution in [-0.2, 0) is 16.1 Å². The predicted octanol–water partition coefficient (Wildman–Crippen LogP) is 0.896. The fourth-order valence-electron chi connectivity index (χ4n) is 4.31. The van der Waals surface area contributed by atoms with Crippen molar-refractivity contribution in [2.45, 2.75) is 44.6 Å². The number of aryl methyl sites for hydroxylation is 1. The van der Waals surface area contributed by atoms with Crippen LogP contribution in [0.2, 0.25) is 0 Å². The van der Waals surface area contributed by atoms with Crippen LogP contribution >= 0.6 is 0 Å². The molecule has 0 aromatic carbocycles. The molecule has 0 radical (unpaired) electrons. The van der Waals surface area contributed by atoms with Crippen LogP contribution in [0.5, 0.6) is 0 Å². The first-order valence-electron chi connectivity index (χ1n) is 9.39. The molecule has 0 N–H and O–H groups in total. The van der Waals surface area contributed by atoms with Gasteiger partial charge in [0.05, 0.1) is 11.8 Å². The van der Waals surface area contributed by atoms with Crippen LogP contribution in [0, 0.1) is 6.92 Å². The highest BCUT2D eigenvalue weighted by atomic mass is 16.5. The molecule has 1 aromatic rings. The van der Waals surface area contributed by atoms with E-state index >= 15 is 0 Å². The lowest BCUT2D eigenvalue weighted by atomic mass is 10.1. The van der Waals surface area contributed by atoms with E-state index in [1.54, 1.807) is 0 Å². The SMILES string of the molecule is Cc1cccc(CN2CC[C@H]3O[C@H](C(=O)N4CCN(C)CC4)C[C@H]32)n1. The highest BCUT2D eigenvalue weighted by Crippen LogP contribution is 2.34. The molecule has 1 amide bonds. The Bertz CT molecular complexity index is 630. The molecule has 6 heteroatoms. The molecule has 3 aliphatic rings. The molecule has 136 valence electrons. The molecule has 1 aromatic heterocycles. The quantitative estimate of drug-likeness (QED) is 0.815. The van der Waals surface area contributed by atoms with Crippen LogP contribution in [0.3, 0.4) is 0 Å². The highest BCUT2D eigenvalue weighted by molar-refractivity contribution is 5.81. The summed E-state index contributed by atoms with van der Waals surface area (Å²) >= 11 is 0. The maximum atomic E-state index is 12.8. The van der Waals surface area contributed by atoms with Gasteiger partial charge in [-0.2, -0.15) is 0 Å². The van der Waals surface area contributed by atoms with Crippen molar-refractivity contribution in [3.05, 3.63) is 29.6 Å². The number of piperazine rings is 1.